The van der Waals surface area contributed by atoms with Gasteiger partial charge in [0.1, 0.15) is 5.82 Å². The third-order valence-electron chi connectivity index (χ3n) is 4.80. The number of rotatable bonds is 5. The second-order valence-corrected chi connectivity index (χ2v) is 6.57. The fourth-order valence-corrected chi connectivity index (χ4v) is 3.64. The molecule has 6 heteroatoms. The van der Waals surface area contributed by atoms with Crippen LogP contribution in [0.4, 0.5) is 0 Å². The number of hydrogen-bond donors (Lipinski definition) is 1. The molecule has 1 aliphatic heterocycles. The van der Waals surface area contributed by atoms with Crippen molar-refractivity contribution >= 4 is 10.9 Å². The van der Waals surface area contributed by atoms with Gasteiger partial charge in [-0.05, 0) is 26.3 Å². The van der Waals surface area contributed by atoms with Crippen molar-refractivity contribution in [2.24, 2.45) is 0 Å². The average molecular weight is 329 g/mol. The highest BCUT2D eigenvalue weighted by atomic mass is 16.1. The van der Waals surface area contributed by atoms with Crippen molar-refractivity contribution in [3.63, 3.8) is 0 Å². The lowest BCUT2D eigenvalue weighted by atomic mass is 10.1. The Morgan fingerprint density at radius 3 is 2.96 bits per heavy atom. The predicted molar refractivity (Wildman–Crippen MR) is 96.2 cm³/mol. The monoisotopic (exact) mass is 329 g/mol. The lowest BCUT2D eigenvalue weighted by Gasteiger charge is -2.38. The summed E-state index contributed by atoms with van der Waals surface area (Å²) in [5.41, 5.74) is 0.772. The summed E-state index contributed by atoms with van der Waals surface area (Å²) in [6.45, 7) is 10.0. The first-order chi connectivity index (χ1) is 11.7. The molecule has 130 valence electrons. The van der Waals surface area contributed by atoms with E-state index in [0.717, 1.165) is 43.8 Å². The molecule has 24 heavy (non-hydrogen) atoms. The number of fused-ring (bicyclic) bond motifs is 1. The Morgan fingerprint density at radius 2 is 2.25 bits per heavy atom. The van der Waals surface area contributed by atoms with E-state index < -0.39 is 0 Å². The molecule has 0 aliphatic carbocycles. The van der Waals surface area contributed by atoms with E-state index in [1.807, 2.05) is 17.6 Å². The largest absolute Gasteiger partial charge is 0.312 e. The Hall–Kier alpha value is -1.79. The lowest BCUT2D eigenvalue weighted by Crippen LogP contribution is -2.51. The highest BCUT2D eigenvalue weighted by molar-refractivity contribution is 5.76. The molecular formula is C18H27N5O. The Kier molecular flexibility index (Phi) is 5.26. The Bertz CT molecular complexity index is 757. The number of aromatic nitrogens is 3. The van der Waals surface area contributed by atoms with Crippen LogP contribution in [0.3, 0.4) is 0 Å². The maximum atomic E-state index is 12.9. The van der Waals surface area contributed by atoms with Gasteiger partial charge in [0.05, 0.1) is 16.9 Å². The Labute approximate surface area is 142 Å². The predicted octanol–water partition coefficient (Wildman–Crippen LogP) is 1.95. The highest BCUT2D eigenvalue weighted by Crippen LogP contribution is 2.26. The fraction of sp³-hybridized carbons (Fsp3) is 0.611. The first-order valence-electron chi connectivity index (χ1n) is 8.97. The second kappa shape index (κ2) is 7.40. The molecule has 1 saturated heterocycles. The summed E-state index contributed by atoms with van der Waals surface area (Å²) in [5, 5.41) is 4.09. The van der Waals surface area contributed by atoms with E-state index in [1.165, 1.54) is 0 Å². The van der Waals surface area contributed by atoms with E-state index in [-0.39, 0.29) is 11.6 Å². The van der Waals surface area contributed by atoms with Crippen LogP contribution >= 0.6 is 0 Å². The van der Waals surface area contributed by atoms with Crippen molar-refractivity contribution in [1.82, 2.24) is 24.8 Å². The molecule has 0 bridgehead atoms. The van der Waals surface area contributed by atoms with Crippen LogP contribution in [0.25, 0.3) is 10.9 Å². The molecule has 0 unspecified atom stereocenters. The minimum Gasteiger partial charge on any atom is -0.312 e. The van der Waals surface area contributed by atoms with Crippen LogP contribution in [0.2, 0.25) is 0 Å². The Balaban J connectivity index is 2.11. The molecule has 0 aromatic carbocycles. The van der Waals surface area contributed by atoms with Crippen molar-refractivity contribution in [3.8, 4) is 0 Å². The van der Waals surface area contributed by atoms with Crippen molar-refractivity contribution in [1.29, 1.82) is 0 Å². The zero-order valence-corrected chi connectivity index (χ0v) is 14.8. The van der Waals surface area contributed by atoms with Gasteiger partial charge >= 0.3 is 0 Å². The highest BCUT2D eigenvalue weighted by Gasteiger charge is 2.28. The quantitative estimate of drug-likeness (QED) is 0.908. The molecule has 1 aliphatic rings. The molecule has 3 rings (SSSR count). The summed E-state index contributed by atoms with van der Waals surface area (Å²) in [7, 11) is 0. The van der Waals surface area contributed by atoms with E-state index in [9.17, 15) is 4.79 Å². The number of piperazine rings is 1. The maximum absolute atomic E-state index is 12.9. The van der Waals surface area contributed by atoms with E-state index in [2.05, 4.69) is 29.0 Å². The molecule has 1 N–H and O–H groups in total. The van der Waals surface area contributed by atoms with E-state index in [4.69, 9.17) is 4.98 Å². The van der Waals surface area contributed by atoms with Gasteiger partial charge in [-0.1, -0.05) is 13.3 Å². The van der Waals surface area contributed by atoms with E-state index >= 15 is 0 Å². The molecule has 1 fully saturated rings. The molecule has 2 atom stereocenters. The fourth-order valence-electron chi connectivity index (χ4n) is 3.64. The van der Waals surface area contributed by atoms with Gasteiger partial charge in [0, 0.05) is 44.6 Å². The normalized spacial score (nSPS) is 20.4. The minimum absolute atomic E-state index is 0.0230. The average Bonchev–Trinajstić information content (AvgIpc) is 2.59. The van der Waals surface area contributed by atoms with Gasteiger partial charge in [-0.25, -0.2) is 4.98 Å². The van der Waals surface area contributed by atoms with Crippen LogP contribution in [0, 0.1) is 0 Å². The summed E-state index contributed by atoms with van der Waals surface area (Å²) in [4.78, 5) is 24.3. The minimum atomic E-state index is 0.0230. The number of nitrogens with zero attached hydrogens (tertiary/aromatic N) is 4. The molecule has 0 radical (unpaired) electrons. The molecule has 2 aromatic rings. The summed E-state index contributed by atoms with van der Waals surface area (Å²) in [6.07, 6.45) is 5.41. The summed E-state index contributed by atoms with van der Waals surface area (Å²) < 4.78 is 1.83. The SMILES string of the molecule is CCC[C@@H](c1nc2ccncc2c(=O)n1CC)N1CCN[C@H](C)C1. The molecule has 0 spiro atoms. The van der Waals surface area contributed by atoms with Crippen molar-refractivity contribution < 1.29 is 0 Å². The van der Waals surface area contributed by atoms with Crippen molar-refractivity contribution in [3.05, 3.63) is 34.6 Å². The van der Waals surface area contributed by atoms with Crippen LogP contribution in [-0.2, 0) is 6.54 Å². The zero-order chi connectivity index (χ0) is 17.1. The molecule has 2 aromatic heterocycles. The Morgan fingerprint density at radius 1 is 1.42 bits per heavy atom. The van der Waals surface area contributed by atoms with E-state index in [1.54, 1.807) is 12.4 Å². The summed E-state index contributed by atoms with van der Waals surface area (Å²) >= 11 is 0. The third-order valence-corrected chi connectivity index (χ3v) is 4.80. The third kappa shape index (κ3) is 3.21. The van der Waals surface area contributed by atoms with Gasteiger partial charge in [-0.15, -0.1) is 0 Å². The van der Waals surface area contributed by atoms with Crippen LogP contribution in [0.5, 0.6) is 0 Å². The van der Waals surface area contributed by atoms with Gasteiger partial charge in [0.25, 0.3) is 5.56 Å². The van der Waals surface area contributed by atoms with Crippen LogP contribution in [0.1, 0.15) is 45.5 Å². The number of nitrogens with one attached hydrogen (secondary N) is 1. The zero-order valence-electron chi connectivity index (χ0n) is 14.8. The van der Waals surface area contributed by atoms with Crippen molar-refractivity contribution in [2.75, 3.05) is 19.6 Å². The van der Waals surface area contributed by atoms with Gasteiger partial charge in [-0.3, -0.25) is 19.2 Å². The van der Waals surface area contributed by atoms with Crippen LogP contribution in [0.15, 0.2) is 23.3 Å². The topological polar surface area (TPSA) is 63.1 Å². The summed E-state index contributed by atoms with van der Waals surface area (Å²) in [6, 6.07) is 2.48. The first-order valence-corrected chi connectivity index (χ1v) is 8.97. The van der Waals surface area contributed by atoms with Crippen LogP contribution < -0.4 is 10.9 Å². The standard InChI is InChI=1S/C18H27N5O/c1-4-6-16(22-10-9-20-13(3)12-22)17-21-15-7-8-19-11-14(15)18(24)23(17)5-2/h7-8,11,13,16,20H,4-6,9-10,12H2,1-3H3/t13-,16+/m1/s1. The van der Waals surface area contributed by atoms with Gasteiger partial charge in [0.15, 0.2) is 0 Å². The second-order valence-electron chi connectivity index (χ2n) is 6.57. The number of pyridine rings is 1. The van der Waals surface area contributed by atoms with Crippen molar-refractivity contribution in [2.45, 2.75) is 52.2 Å². The smallest absolute Gasteiger partial charge is 0.262 e. The molecule has 6 nitrogen and oxygen atoms in total. The first kappa shape index (κ1) is 17.0. The molecule has 3 heterocycles. The van der Waals surface area contributed by atoms with Gasteiger partial charge in [0.2, 0.25) is 0 Å². The molecular weight excluding hydrogens is 302 g/mol. The molecule has 0 saturated carbocycles. The van der Waals surface area contributed by atoms with Gasteiger partial charge in [-0.2, -0.15) is 0 Å². The van der Waals surface area contributed by atoms with Gasteiger partial charge < -0.3 is 5.32 Å². The molecule has 0 amide bonds. The lowest BCUT2D eigenvalue weighted by molar-refractivity contribution is 0.132. The van der Waals surface area contributed by atoms with E-state index in [0.29, 0.717) is 18.0 Å². The van der Waals surface area contributed by atoms with Crippen LogP contribution in [-0.4, -0.2) is 45.1 Å². The number of hydrogen-bond acceptors (Lipinski definition) is 5. The maximum Gasteiger partial charge on any atom is 0.262 e. The summed E-state index contributed by atoms with van der Waals surface area (Å²) in [5.74, 6) is 0.900.